The first kappa shape index (κ1) is 17.0. The predicted octanol–water partition coefficient (Wildman–Crippen LogP) is 1.80. The van der Waals surface area contributed by atoms with Gasteiger partial charge in [-0.1, -0.05) is 18.2 Å². The second-order valence-corrected chi connectivity index (χ2v) is 6.20. The largest absolute Gasteiger partial charge is 0.356 e. The molecule has 0 bridgehead atoms. The fourth-order valence-electron chi connectivity index (χ4n) is 1.92. The van der Waals surface area contributed by atoms with Gasteiger partial charge in [0.05, 0.1) is 11.6 Å². The van der Waals surface area contributed by atoms with Crippen molar-refractivity contribution in [3.8, 4) is 0 Å². The average Bonchev–Trinajstić information content (AvgIpc) is 2.97. The number of amides is 1. The summed E-state index contributed by atoms with van der Waals surface area (Å²) in [5, 5.41) is 10.1. The highest BCUT2D eigenvalue weighted by Crippen LogP contribution is 2.10. The number of nitrogens with zero attached hydrogens (tertiary/aromatic N) is 2. The number of aryl methyl sites for hydroxylation is 1. The van der Waals surface area contributed by atoms with Gasteiger partial charge in [-0.15, -0.1) is 11.3 Å². The van der Waals surface area contributed by atoms with Gasteiger partial charge in [0.25, 0.3) is 0 Å². The maximum atomic E-state index is 11.9. The van der Waals surface area contributed by atoms with E-state index >= 15 is 0 Å². The normalized spacial score (nSPS) is 11.1. The van der Waals surface area contributed by atoms with Crippen LogP contribution in [0.1, 0.15) is 9.88 Å². The van der Waals surface area contributed by atoms with Crippen LogP contribution in [0.3, 0.4) is 0 Å². The van der Waals surface area contributed by atoms with Gasteiger partial charge in [-0.05, 0) is 19.1 Å². The summed E-state index contributed by atoms with van der Waals surface area (Å²) in [6, 6.07) is 9.36. The summed E-state index contributed by atoms with van der Waals surface area (Å²) in [5.41, 5.74) is 0.779. The first-order valence-corrected chi connectivity index (χ1v) is 8.20. The number of hydrogen-bond acceptors (Lipinski definition) is 4. The predicted molar refractivity (Wildman–Crippen MR) is 95.0 cm³/mol. The van der Waals surface area contributed by atoms with Crippen molar-refractivity contribution in [3.63, 3.8) is 0 Å². The molecule has 2 rings (SSSR count). The van der Waals surface area contributed by atoms with Crippen molar-refractivity contribution in [2.75, 3.05) is 25.5 Å². The third-order valence-electron chi connectivity index (χ3n) is 3.00. The molecule has 122 valence electrons. The number of benzene rings is 1. The number of carbonyl (C=O) groups is 1. The standard InChI is InChI=1S/C16H21N5OS/c1-12-10-19-15(23-12)8-9-18-16(17-2)20-11-14(22)21-13-6-4-3-5-7-13/h3-7,10H,8-9,11H2,1-2H3,(H,21,22)(H2,17,18,20). The number of aromatic nitrogens is 1. The summed E-state index contributed by atoms with van der Waals surface area (Å²) < 4.78 is 0. The molecule has 6 nitrogen and oxygen atoms in total. The Kier molecular flexibility index (Phi) is 6.56. The van der Waals surface area contributed by atoms with Gasteiger partial charge in [-0.3, -0.25) is 9.79 Å². The maximum absolute atomic E-state index is 11.9. The minimum Gasteiger partial charge on any atom is -0.356 e. The van der Waals surface area contributed by atoms with E-state index in [9.17, 15) is 4.79 Å². The van der Waals surface area contributed by atoms with Gasteiger partial charge in [0, 0.05) is 36.8 Å². The van der Waals surface area contributed by atoms with Crippen molar-refractivity contribution in [2.45, 2.75) is 13.3 Å². The van der Waals surface area contributed by atoms with Crippen LogP contribution in [0.15, 0.2) is 41.5 Å². The van der Waals surface area contributed by atoms with Crippen LogP contribution in [0.25, 0.3) is 0 Å². The number of thiazole rings is 1. The number of guanidine groups is 1. The van der Waals surface area contributed by atoms with Gasteiger partial charge in [0.15, 0.2) is 5.96 Å². The summed E-state index contributed by atoms with van der Waals surface area (Å²) in [5.74, 6) is 0.483. The number of rotatable bonds is 6. The van der Waals surface area contributed by atoms with Gasteiger partial charge >= 0.3 is 0 Å². The fourth-order valence-corrected chi connectivity index (χ4v) is 2.70. The van der Waals surface area contributed by atoms with Crippen molar-refractivity contribution in [1.29, 1.82) is 0 Å². The van der Waals surface area contributed by atoms with E-state index in [1.54, 1.807) is 18.4 Å². The number of anilines is 1. The Bertz CT molecular complexity index is 654. The molecule has 0 saturated heterocycles. The van der Waals surface area contributed by atoms with E-state index in [0.29, 0.717) is 12.5 Å². The Morgan fingerprint density at radius 3 is 2.70 bits per heavy atom. The Hall–Kier alpha value is -2.41. The van der Waals surface area contributed by atoms with Crippen LogP contribution in [0.5, 0.6) is 0 Å². The van der Waals surface area contributed by atoms with Crippen LogP contribution >= 0.6 is 11.3 Å². The summed E-state index contributed by atoms with van der Waals surface area (Å²) in [6.45, 7) is 2.91. The zero-order valence-electron chi connectivity index (χ0n) is 13.3. The Morgan fingerprint density at radius 1 is 1.26 bits per heavy atom. The summed E-state index contributed by atoms with van der Waals surface area (Å²) in [7, 11) is 1.68. The van der Waals surface area contributed by atoms with Gasteiger partial charge in [0.2, 0.25) is 5.91 Å². The number of hydrogen-bond donors (Lipinski definition) is 3. The van der Waals surface area contributed by atoms with Crippen LogP contribution < -0.4 is 16.0 Å². The Balaban J connectivity index is 1.69. The fraction of sp³-hybridized carbons (Fsp3) is 0.312. The quantitative estimate of drug-likeness (QED) is 0.557. The monoisotopic (exact) mass is 331 g/mol. The van der Waals surface area contributed by atoms with Crippen LogP contribution in [-0.2, 0) is 11.2 Å². The molecule has 1 heterocycles. The smallest absolute Gasteiger partial charge is 0.243 e. The molecule has 0 spiro atoms. The second kappa shape index (κ2) is 8.89. The first-order chi connectivity index (χ1) is 11.2. The van der Waals surface area contributed by atoms with Crippen LogP contribution in [0.2, 0.25) is 0 Å². The van der Waals surface area contributed by atoms with E-state index in [-0.39, 0.29) is 12.5 Å². The van der Waals surface area contributed by atoms with Crippen LogP contribution in [-0.4, -0.2) is 37.0 Å². The lowest BCUT2D eigenvalue weighted by molar-refractivity contribution is -0.115. The lowest BCUT2D eigenvalue weighted by Gasteiger charge is -2.11. The molecule has 7 heteroatoms. The third kappa shape index (κ3) is 6.07. The van der Waals surface area contributed by atoms with E-state index in [1.807, 2.05) is 43.5 Å². The molecule has 0 atom stereocenters. The molecule has 1 aromatic heterocycles. The van der Waals surface area contributed by atoms with Crippen LogP contribution in [0, 0.1) is 6.92 Å². The van der Waals surface area contributed by atoms with E-state index in [0.717, 1.165) is 17.1 Å². The molecule has 1 aromatic carbocycles. The Morgan fingerprint density at radius 2 is 2.04 bits per heavy atom. The molecular formula is C16H21N5OS. The van der Waals surface area contributed by atoms with Crippen molar-refractivity contribution < 1.29 is 4.79 Å². The molecule has 1 amide bonds. The summed E-state index contributed by atoms with van der Waals surface area (Å²) in [6.07, 6.45) is 2.70. The summed E-state index contributed by atoms with van der Waals surface area (Å²) >= 11 is 1.69. The second-order valence-electron chi connectivity index (χ2n) is 4.88. The summed E-state index contributed by atoms with van der Waals surface area (Å²) in [4.78, 5) is 21.5. The third-order valence-corrected chi connectivity index (χ3v) is 3.97. The highest BCUT2D eigenvalue weighted by molar-refractivity contribution is 7.11. The van der Waals surface area contributed by atoms with Gasteiger partial charge in [0.1, 0.15) is 0 Å². The van der Waals surface area contributed by atoms with E-state index in [1.165, 1.54) is 4.88 Å². The van der Waals surface area contributed by atoms with E-state index in [4.69, 9.17) is 0 Å². The van der Waals surface area contributed by atoms with Gasteiger partial charge in [-0.2, -0.15) is 0 Å². The molecule has 0 fully saturated rings. The number of para-hydroxylation sites is 1. The molecule has 0 aliphatic rings. The SMILES string of the molecule is CN=C(NCCc1ncc(C)s1)NCC(=O)Nc1ccccc1. The molecule has 23 heavy (non-hydrogen) atoms. The van der Waals surface area contributed by atoms with E-state index in [2.05, 4.69) is 25.9 Å². The maximum Gasteiger partial charge on any atom is 0.243 e. The number of nitrogens with one attached hydrogen (secondary N) is 3. The molecule has 0 aliphatic heterocycles. The molecule has 0 radical (unpaired) electrons. The molecular weight excluding hydrogens is 310 g/mol. The lowest BCUT2D eigenvalue weighted by atomic mass is 10.3. The molecule has 2 aromatic rings. The molecule has 0 aliphatic carbocycles. The minimum atomic E-state index is -0.116. The number of carbonyl (C=O) groups excluding carboxylic acids is 1. The number of aliphatic imine (C=N–C) groups is 1. The van der Waals surface area contributed by atoms with Crippen molar-refractivity contribution in [1.82, 2.24) is 15.6 Å². The van der Waals surface area contributed by atoms with Gasteiger partial charge < -0.3 is 16.0 Å². The highest BCUT2D eigenvalue weighted by atomic mass is 32.1. The highest BCUT2D eigenvalue weighted by Gasteiger charge is 2.04. The lowest BCUT2D eigenvalue weighted by Crippen LogP contribution is -2.42. The zero-order chi connectivity index (χ0) is 16.5. The van der Waals surface area contributed by atoms with Gasteiger partial charge in [-0.25, -0.2) is 4.98 Å². The molecule has 0 saturated carbocycles. The molecule has 3 N–H and O–H groups in total. The van der Waals surface area contributed by atoms with Crippen LogP contribution in [0.4, 0.5) is 5.69 Å². The Labute approximate surface area is 140 Å². The zero-order valence-corrected chi connectivity index (χ0v) is 14.1. The van der Waals surface area contributed by atoms with Crippen molar-refractivity contribution in [2.24, 2.45) is 4.99 Å². The first-order valence-electron chi connectivity index (χ1n) is 7.38. The van der Waals surface area contributed by atoms with Crippen molar-refractivity contribution >= 4 is 28.9 Å². The minimum absolute atomic E-state index is 0.116. The average molecular weight is 331 g/mol. The van der Waals surface area contributed by atoms with Crippen molar-refractivity contribution in [3.05, 3.63) is 46.4 Å². The van der Waals surface area contributed by atoms with E-state index < -0.39 is 0 Å². The topological polar surface area (TPSA) is 78.4 Å². The molecule has 0 unspecified atom stereocenters.